The number of carbonyl (C=O) groups is 1. The van der Waals surface area contributed by atoms with Crippen LogP contribution in [0, 0.1) is 5.92 Å². The molecule has 1 amide bonds. The second-order valence-electron chi connectivity index (χ2n) is 6.75. The van der Waals surface area contributed by atoms with Gasteiger partial charge in [-0.05, 0) is 31.6 Å². The van der Waals surface area contributed by atoms with Gasteiger partial charge >= 0.3 is 0 Å². The van der Waals surface area contributed by atoms with E-state index in [4.69, 9.17) is 10.5 Å². The highest BCUT2D eigenvalue weighted by atomic mass is 35.5. The maximum atomic E-state index is 12.5. The highest BCUT2D eigenvalue weighted by molar-refractivity contribution is 5.85. The number of ether oxygens (including phenoxy) is 1. The molecule has 0 heterocycles. The van der Waals surface area contributed by atoms with E-state index in [-0.39, 0.29) is 36.6 Å². The summed E-state index contributed by atoms with van der Waals surface area (Å²) in [6.07, 6.45) is 7.56. The molecule has 4 nitrogen and oxygen atoms in total. The van der Waals surface area contributed by atoms with Crippen LogP contribution in [0.1, 0.15) is 65.7 Å². The second kappa shape index (κ2) is 11.3. The molecule has 0 bridgehead atoms. The van der Waals surface area contributed by atoms with Crippen molar-refractivity contribution in [3.05, 3.63) is 0 Å². The van der Waals surface area contributed by atoms with Crippen LogP contribution >= 0.6 is 12.4 Å². The molecule has 0 aliphatic heterocycles. The van der Waals surface area contributed by atoms with Gasteiger partial charge in [0.05, 0.1) is 6.10 Å². The van der Waals surface area contributed by atoms with E-state index in [0.29, 0.717) is 12.5 Å². The molecule has 1 fully saturated rings. The van der Waals surface area contributed by atoms with Gasteiger partial charge in [-0.2, -0.15) is 0 Å². The molecule has 132 valence electrons. The Balaban J connectivity index is 0.00000441. The van der Waals surface area contributed by atoms with Crippen LogP contribution in [0.4, 0.5) is 0 Å². The monoisotopic (exact) mass is 334 g/mol. The third-order valence-corrected chi connectivity index (χ3v) is 4.59. The van der Waals surface area contributed by atoms with E-state index in [1.165, 1.54) is 19.3 Å². The minimum absolute atomic E-state index is 0. The lowest BCUT2D eigenvalue weighted by Crippen LogP contribution is -2.42. The average molecular weight is 335 g/mol. The number of likely N-dealkylation sites (N-methyl/N-ethyl adjacent to an activating group) is 1. The number of halogens is 1. The maximum Gasteiger partial charge on any atom is 0.251 e. The molecule has 0 aromatic heterocycles. The number of rotatable bonds is 8. The van der Waals surface area contributed by atoms with Gasteiger partial charge in [0.25, 0.3) is 5.91 Å². The van der Waals surface area contributed by atoms with E-state index in [2.05, 4.69) is 13.8 Å². The lowest BCUT2D eigenvalue weighted by molar-refractivity contribution is -0.148. The molecule has 1 saturated carbocycles. The molecule has 1 rings (SSSR count). The fourth-order valence-electron chi connectivity index (χ4n) is 2.79. The Morgan fingerprint density at radius 3 is 2.36 bits per heavy atom. The summed E-state index contributed by atoms with van der Waals surface area (Å²) in [5.41, 5.74) is 6.05. The van der Waals surface area contributed by atoms with Gasteiger partial charge in [-0.1, -0.05) is 40.0 Å². The summed E-state index contributed by atoms with van der Waals surface area (Å²) in [5.74, 6) is 0.563. The highest BCUT2D eigenvalue weighted by Crippen LogP contribution is 2.22. The van der Waals surface area contributed by atoms with Crippen molar-refractivity contribution < 1.29 is 9.53 Å². The van der Waals surface area contributed by atoms with Gasteiger partial charge in [-0.25, -0.2) is 0 Å². The van der Waals surface area contributed by atoms with Crippen LogP contribution in [0.15, 0.2) is 0 Å². The third-order valence-electron chi connectivity index (χ3n) is 4.59. The molecule has 0 aromatic rings. The number of nitrogens with zero attached hydrogens (tertiary/aromatic N) is 1. The first-order chi connectivity index (χ1) is 9.95. The number of nitrogens with two attached hydrogens (primary N) is 1. The molecule has 0 saturated heterocycles. The SMILES string of the molecule is CCC(OC1CCCCC1)C(=O)N(C)CCC(N)C(C)C.Cl. The van der Waals surface area contributed by atoms with Crippen molar-refractivity contribution >= 4 is 18.3 Å². The molecular formula is C17H35ClN2O2. The van der Waals surface area contributed by atoms with E-state index >= 15 is 0 Å². The molecule has 0 radical (unpaired) electrons. The Morgan fingerprint density at radius 1 is 1.27 bits per heavy atom. The fraction of sp³-hybridized carbons (Fsp3) is 0.941. The lowest BCUT2D eigenvalue weighted by atomic mass is 9.97. The Labute approximate surface area is 142 Å². The van der Waals surface area contributed by atoms with Crippen molar-refractivity contribution in [1.82, 2.24) is 4.90 Å². The standard InChI is InChI=1S/C17H34N2O2.ClH/c1-5-16(21-14-9-7-6-8-10-14)17(20)19(4)12-11-15(18)13(2)3;/h13-16H,5-12,18H2,1-4H3;1H. The van der Waals surface area contributed by atoms with Crippen LogP contribution in [0.5, 0.6) is 0 Å². The third kappa shape index (κ3) is 7.30. The van der Waals surface area contributed by atoms with Crippen LogP contribution in [-0.4, -0.2) is 42.6 Å². The molecule has 1 aliphatic rings. The number of hydrogen-bond donors (Lipinski definition) is 1. The number of hydrogen-bond acceptors (Lipinski definition) is 3. The molecule has 2 N–H and O–H groups in total. The molecule has 2 unspecified atom stereocenters. The minimum Gasteiger partial charge on any atom is -0.365 e. The average Bonchev–Trinajstić information content (AvgIpc) is 2.50. The largest absolute Gasteiger partial charge is 0.365 e. The Bertz CT molecular complexity index is 307. The van der Waals surface area contributed by atoms with Crippen molar-refractivity contribution in [2.45, 2.75) is 84.0 Å². The highest BCUT2D eigenvalue weighted by Gasteiger charge is 2.26. The number of amides is 1. The van der Waals surface area contributed by atoms with Gasteiger partial charge in [-0.15, -0.1) is 12.4 Å². The van der Waals surface area contributed by atoms with E-state index in [1.807, 2.05) is 14.0 Å². The van der Waals surface area contributed by atoms with Gasteiger partial charge in [-0.3, -0.25) is 4.79 Å². The molecule has 2 atom stereocenters. The van der Waals surface area contributed by atoms with Crippen molar-refractivity contribution in [2.75, 3.05) is 13.6 Å². The predicted molar refractivity (Wildman–Crippen MR) is 94.4 cm³/mol. The van der Waals surface area contributed by atoms with Crippen LogP contribution in [0.2, 0.25) is 0 Å². The molecule has 22 heavy (non-hydrogen) atoms. The van der Waals surface area contributed by atoms with Gasteiger partial charge in [0, 0.05) is 19.6 Å². The summed E-state index contributed by atoms with van der Waals surface area (Å²) in [6, 6.07) is 0.152. The van der Waals surface area contributed by atoms with Crippen molar-refractivity contribution in [3.63, 3.8) is 0 Å². The quantitative estimate of drug-likeness (QED) is 0.740. The van der Waals surface area contributed by atoms with Gasteiger partial charge in [0.15, 0.2) is 0 Å². The summed E-state index contributed by atoms with van der Waals surface area (Å²) < 4.78 is 6.06. The lowest BCUT2D eigenvalue weighted by Gasteiger charge is -2.29. The van der Waals surface area contributed by atoms with Gasteiger partial charge < -0.3 is 15.4 Å². The predicted octanol–water partition coefficient (Wildman–Crippen LogP) is 3.37. The van der Waals surface area contributed by atoms with Crippen LogP contribution in [0.25, 0.3) is 0 Å². The van der Waals surface area contributed by atoms with Crippen LogP contribution in [-0.2, 0) is 9.53 Å². The Hall–Kier alpha value is -0.320. The first-order valence-electron chi connectivity index (χ1n) is 8.61. The van der Waals surface area contributed by atoms with E-state index in [0.717, 1.165) is 25.7 Å². The van der Waals surface area contributed by atoms with Crippen LogP contribution < -0.4 is 5.73 Å². The molecule has 1 aliphatic carbocycles. The first kappa shape index (κ1) is 21.7. The minimum atomic E-state index is -0.284. The van der Waals surface area contributed by atoms with Gasteiger partial charge in [0.2, 0.25) is 0 Å². The second-order valence-corrected chi connectivity index (χ2v) is 6.75. The van der Waals surface area contributed by atoms with Crippen molar-refractivity contribution in [1.29, 1.82) is 0 Å². The Morgan fingerprint density at radius 2 is 1.86 bits per heavy atom. The number of carbonyl (C=O) groups excluding carboxylic acids is 1. The molecular weight excluding hydrogens is 300 g/mol. The fourth-order valence-corrected chi connectivity index (χ4v) is 2.79. The maximum absolute atomic E-state index is 12.5. The summed E-state index contributed by atoms with van der Waals surface area (Å²) in [5, 5.41) is 0. The first-order valence-corrected chi connectivity index (χ1v) is 8.61. The normalized spacial score (nSPS) is 18.6. The molecule has 0 aromatic carbocycles. The smallest absolute Gasteiger partial charge is 0.251 e. The summed E-state index contributed by atoms with van der Waals surface area (Å²) in [4.78, 5) is 14.3. The zero-order chi connectivity index (χ0) is 15.8. The summed E-state index contributed by atoms with van der Waals surface area (Å²) in [6.45, 7) is 6.98. The topological polar surface area (TPSA) is 55.6 Å². The van der Waals surface area contributed by atoms with Crippen molar-refractivity contribution in [2.24, 2.45) is 11.7 Å². The molecule has 0 spiro atoms. The zero-order valence-corrected chi connectivity index (χ0v) is 15.5. The van der Waals surface area contributed by atoms with E-state index in [9.17, 15) is 4.79 Å². The van der Waals surface area contributed by atoms with Crippen LogP contribution in [0.3, 0.4) is 0 Å². The summed E-state index contributed by atoms with van der Waals surface area (Å²) in [7, 11) is 1.86. The zero-order valence-electron chi connectivity index (χ0n) is 14.7. The Kier molecular flexibility index (Phi) is 11.1. The van der Waals surface area contributed by atoms with Crippen molar-refractivity contribution in [3.8, 4) is 0 Å². The summed E-state index contributed by atoms with van der Waals surface area (Å²) >= 11 is 0. The van der Waals surface area contributed by atoms with E-state index < -0.39 is 0 Å². The molecule has 5 heteroatoms. The van der Waals surface area contributed by atoms with E-state index in [1.54, 1.807) is 4.90 Å². The van der Waals surface area contributed by atoms with Gasteiger partial charge in [0.1, 0.15) is 6.10 Å².